The summed E-state index contributed by atoms with van der Waals surface area (Å²) in [6.07, 6.45) is 5.15. The molecule has 2 aromatic carbocycles. The maximum atomic E-state index is 11.3. The molecule has 0 unspecified atom stereocenters. The molecule has 0 radical (unpaired) electrons. The van der Waals surface area contributed by atoms with Gasteiger partial charge in [0.2, 0.25) is 0 Å². The van der Waals surface area contributed by atoms with Crippen molar-refractivity contribution in [2.24, 2.45) is 0 Å². The van der Waals surface area contributed by atoms with E-state index in [0.717, 1.165) is 22.6 Å². The number of ether oxygens (including phenoxy) is 5. The normalized spacial score (nSPS) is 10.9. The Morgan fingerprint density at radius 1 is 0.778 bits per heavy atom. The Bertz CT molecular complexity index is 945. The summed E-state index contributed by atoms with van der Waals surface area (Å²) in [7, 11) is 3.20. The third-order valence-corrected chi connectivity index (χ3v) is 4.66. The first-order valence-corrected chi connectivity index (χ1v) is 11.7. The van der Waals surface area contributed by atoms with E-state index in [1.165, 1.54) is 6.08 Å². The second-order valence-corrected chi connectivity index (χ2v) is 7.17. The molecule has 2 aromatic rings. The molecule has 0 saturated carbocycles. The van der Waals surface area contributed by atoms with Crippen LogP contribution in [-0.4, -0.2) is 64.3 Å². The second-order valence-electron chi connectivity index (χ2n) is 7.17. The fourth-order valence-corrected chi connectivity index (χ4v) is 2.74. The van der Waals surface area contributed by atoms with Gasteiger partial charge in [-0.15, -0.1) is 0 Å². The van der Waals surface area contributed by atoms with Crippen molar-refractivity contribution in [2.75, 3.05) is 47.3 Å². The number of carboxylic acid groups (broad SMARTS) is 1. The van der Waals surface area contributed by atoms with Crippen LogP contribution in [0.3, 0.4) is 0 Å². The highest BCUT2D eigenvalue weighted by molar-refractivity contribution is 5.92. The van der Waals surface area contributed by atoms with Crippen molar-refractivity contribution in [3.05, 3.63) is 71.3 Å². The number of aliphatic carboxylic acids is 1. The Balaban J connectivity index is 0.000000360. The molecular formula is C28H36O8. The summed E-state index contributed by atoms with van der Waals surface area (Å²) in [4.78, 5) is 22.4. The van der Waals surface area contributed by atoms with Crippen molar-refractivity contribution in [2.45, 2.75) is 20.3 Å². The fourth-order valence-electron chi connectivity index (χ4n) is 2.74. The molecule has 0 aliphatic rings. The zero-order valence-electron chi connectivity index (χ0n) is 21.4. The number of carbonyl (C=O) groups is 2. The van der Waals surface area contributed by atoms with Gasteiger partial charge in [0.15, 0.2) is 0 Å². The van der Waals surface area contributed by atoms with E-state index in [1.54, 1.807) is 38.5 Å². The molecule has 36 heavy (non-hydrogen) atoms. The standard InChI is InChI=1S/2C14H18O4/c1-3-17-10-11-18-14(15)9-6-12-4-7-13(16-2)8-5-12;1-3-18-9-8-12(14(15)16)10-11-4-6-13(17-2)7-5-11/h4-9H,3,10-11H2,1-2H3;4-7,10H,3,8-9H2,1-2H3,(H,15,16). The number of methoxy groups -OCH3 is 2. The Kier molecular flexibility index (Phi) is 15.8. The molecule has 0 amide bonds. The molecular weight excluding hydrogens is 464 g/mol. The molecule has 0 saturated heterocycles. The van der Waals surface area contributed by atoms with Crippen LogP contribution >= 0.6 is 0 Å². The van der Waals surface area contributed by atoms with Gasteiger partial charge in [0.1, 0.15) is 18.1 Å². The molecule has 1 N–H and O–H groups in total. The number of rotatable bonds is 14. The Morgan fingerprint density at radius 2 is 1.31 bits per heavy atom. The van der Waals surface area contributed by atoms with Gasteiger partial charge in [-0.25, -0.2) is 9.59 Å². The fraction of sp³-hybridized carbons (Fsp3) is 0.357. The lowest BCUT2D eigenvalue weighted by Gasteiger charge is -2.04. The van der Waals surface area contributed by atoms with Gasteiger partial charge in [0, 0.05) is 31.3 Å². The van der Waals surface area contributed by atoms with Gasteiger partial charge < -0.3 is 28.8 Å². The zero-order valence-corrected chi connectivity index (χ0v) is 21.4. The zero-order chi connectivity index (χ0) is 26.6. The summed E-state index contributed by atoms with van der Waals surface area (Å²) >= 11 is 0. The highest BCUT2D eigenvalue weighted by atomic mass is 16.6. The molecule has 0 spiro atoms. The van der Waals surface area contributed by atoms with Crippen LogP contribution in [0.1, 0.15) is 31.4 Å². The highest BCUT2D eigenvalue weighted by Crippen LogP contribution is 2.15. The minimum atomic E-state index is -0.912. The quantitative estimate of drug-likeness (QED) is 0.223. The molecule has 0 aliphatic carbocycles. The largest absolute Gasteiger partial charge is 0.497 e. The van der Waals surface area contributed by atoms with Crippen LogP contribution in [0.5, 0.6) is 11.5 Å². The summed E-state index contributed by atoms with van der Waals surface area (Å²) in [5.41, 5.74) is 2.09. The second kappa shape index (κ2) is 18.7. The van der Waals surface area contributed by atoms with Crippen LogP contribution < -0.4 is 9.47 Å². The molecule has 0 heterocycles. The smallest absolute Gasteiger partial charge is 0.331 e. The number of esters is 1. The van der Waals surface area contributed by atoms with Crippen molar-refractivity contribution in [1.82, 2.24) is 0 Å². The van der Waals surface area contributed by atoms with Gasteiger partial charge in [0.05, 0.1) is 27.4 Å². The predicted octanol–water partition coefficient (Wildman–Crippen LogP) is 4.88. The van der Waals surface area contributed by atoms with Gasteiger partial charge in [0.25, 0.3) is 0 Å². The number of hydrogen-bond donors (Lipinski definition) is 1. The van der Waals surface area contributed by atoms with Gasteiger partial charge in [-0.05, 0) is 61.4 Å². The van der Waals surface area contributed by atoms with Crippen molar-refractivity contribution >= 4 is 24.1 Å². The molecule has 0 aliphatic heterocycles. The summed E-state index contributed by atoms with van der Waals surface area (Å²) in [6, 6.07) is 14.6. The number of benzene rings is 2. The van der Waals surface area contributed by atoms with Crippen LogP contribution in [0.4, 0.5) is 0 Å². The van der Waals surface area contributed by atoms with Crippen LogP contribution in [-0.2, 0) is 23.8 Å². The summed E-state index contributed by atoms with van der Waals surface area (Å²) in [6.45, 7) is 6.12. The molecule has 8 heteroatoms. The van der Waals surface area contributed by atoms with Crippen molar-refractivity contribution in [1.29, 1.82) is 0 Å². The molecule has 2 rings (SSSR count). The predicted molar refractivity (Wildman–Crippen MR) is 139 cm³/mol. The van der Waals surface area contributed by atoms with Gasteiger partial charge in [-0.1, -0.05) is 24.3 Å². The van der Waals surface area contributed by atoms with Crippen LogP contribution in [0.2, 0.25) is 0 Å². The molecule has 8 nitrogen and oxygen atoms in total. The van der Waals surface area contributed by atoms with E-state index in [4.69, 9.17) is 28.8 Å². The average Bonchev–Trinajstić information content (AvgIpc) is 2.90. The summed E-state index contributed by atoms with van der Waals surface area (Å²) in [5, 5.41) is 9.09. The van der Waals surface area contributed by atoms with E-state index in [9.17, 15) is 9.59 Å². The molecule has 0 aromatic heterocycles. The highest BCUT2D eigenvalue weighted by Gasteiger charge is 2.07. The molecule has 0 fully saturated rings. The third-order valence-electron chi connectivity index (χ3n) is 4.66. The number of hydrogen-bond acceptors (Lipinski definition) is 7. The van der Waals surface area contributed by atoms with Crippen LogP contribution in [0.25, 0.3) is 12.2 Å². The molecule has 196 valence electrons. The monoisotopic (exact) mass is 500 g/mol. The van der Waals surface area contributed by atoms with E-state index < -0.39 is 5.97 Å². The minimum absolute atomic E-state index is 0.277. The third kappa shape index (κ3) is 13.3. The molecule has 0 atom stereocenters. The number of carbonyl (C=O) groups excluding carboxylic acids is 1. The lowest BCUT2D eigenvalue weighted by molar-refractivity contribution is -0.139. The van der Waals surface area contributed by atoms with E-state index in [0.29, 0.717) is 38.4 Å². The number of carboxylic acids is 1. The minimum Gasteiger partial charge on any atom is -0.497 e. The van der Waals surface area contributed by atoms with E-state index in [2.05, 4.69) is 0 Å². The van der Waals surface area contributed by atoms with E-state index in [-0.39, 0.29) is 12.6 Å². The SMILES string of the molecule is CCOCCC(=Cc1ccc(OC)cc1)C(=O)O.CCOCCOC(=O)C=Cc1ccc(OC)cc1. The average molecular weight is 501 g/mol. The topological polar surface area (TPSA) is 101 Å². The summed E-state index contributed by atoms with van der Waals surface area (Å²) < 4.78 is 25.2. The van der Waals surface area contributed by atoms with Gasteiger partial charge in [-0.2, -0.15) is 0 Å². The van der Waals surface area contributed by atoms with E-state index in [1.807, 2.05) is 50.2 Å². The Hall–Kier alpha value is -3.62. The maximum Gasteiger partial charge on any atom is 0.331 e. The van der Waals surface area contributed by atoms with Gasteiger partial charge in [-0.3, -0.25) is 0 Å². The maximum absolute atomic E-state index is 11.3. The van der Waals surface area contributed by atoms with Crippen LogP contribution in [0.15, 0.2) is 60.2 Å². The van der Waals surface area contributed by atoms with Crippen LogP contribution in [0, 0.1) is 0 Å². The lowest BCUT2D eigenvalue weighted by Crippen LogP contribution is -2.08. The van der Waals surface area contributed by atoms with Gasteiger partial charge >= 0.3 is 11.9 Å². The van der Waals surface area contributed by atoms with Crippen molar-refractivity contribution < 1.29 is 38.4 Å². The Morgan fingerprint density at radius 3 is 1.81 bits per heavy atom. The first-order valence-electron chi connectivity index (χ1n) is 11.7. The van der Waals surface area contributed by atoms with Crippen molar-refractivity contribution in [3.8, 4) is 11.5 Å². The van der Waals surface area contributed by atoms with E-state index >= 15 is 0 Å². The first kappa shape index (κ1) is 30.4. The van der Waals surface area contributed by atoms with Crippen molar-refractivity contribution in [3.63, 3.8) is 0 Å². The summed E-state index contributed by atoms with van der Waals surface area (Å²) in [5.74, 6) is 0.251. The lowest BCUT2D eigenvalue weighted by atomic mass is 10.1. The first-order chi connectivity index (χ1) is 17.4. The Labute approximate surface area is 213 Å². The molecule has 0 bridgehead atoms.